The molecule has 0 bridgehead atoms. The van der Waals surface area contributed by atoms with Gasteiger partial charge in [0, 0.05) is 6.07 Å². The van der Waals surface area contributed by atoms with Gasteiger partial charge in [-0.2, -0.15) is 0 Å². The zero-order valence-corrected chi connectivity index (χ0v) is 11.5. The summed E-state index contributed by atoms with van der Waals surface area (Å²) >= 11 is 9.32. The van der Waals surface area contributed by atoms with Crippen molar-refractivity contribution >= 4 is 33.4 Å². The number of carbonyl (C=O) groups excluding carboxylic acids is 1. The average molecular weight is 327 g/mol. The van der Waals surface area contributed by atoms with Crippen LogP contribution in [0.4, 0.5) is 0 Å². The van der Waals surface area contributed by atoms with Crippen LogP contribution in [0.3, 0.4) is 0 Å². The van der Waals surface area contributed by atoms with Crippen molar-refractivity contribution in [3.63, 3.8) is 0 Å². The summed E-state index contributed by atoms with van der Waals surface area (Å²) in [5.41, 5.74) is 5.44. The normalized spacial score (nSPS) is 10.1. The zero-order valence-electron chi connectivity index (χ0n) is 9.19. The molecule has 0 aliphatic carbocycles. The molecule has 0 aliphatic heterocycles. The molecule has 0 saturated heterocycles. The lowest BCUT2D eigenvalue weighted by atomic mass is 10.2. The number of hydrogen-bond acceptors (Lipinski definition) is 2. The first-order chi connectivity index (χ1) is 8.58. The molecule has 92 valence electrons. The third-order valence-corrected chi connectivity index (χ3v) is 3.24. The Morgan fingerprint density at radius 3 is 2.56 bits per heavy atom. The summed E-state index contributed by atoms with van der Waals surface area (Å²) in [5, 5.41) is 0.270. The van der Waals surface area contributed by atoms with E-state index in [1.54, 1.807) is 12.1 Å². The maximum absolute atomic E-state index is 11.0. The summed E-state index contributed by atoms with van der Waals surface area (Å²) < 4.78 is 6.47. The van der Waals surface area contributed by atoms with Crippen molar-refractivity contribution < 1.29 is 9.53 Å². The van der Waals surface area contributed by atoms with Crippen LogP contribution >= 0.6 is 27.5 Å². The molecule has 0 aromatic heterocycles. The summed E-state index contributed by atoms with van der Waals surface area (Å²) in [7, 11) is 0. The number of nitrogens with two attached hydrogens (primary N) is 1. The van der Waals surface area contributed by atoms with Crippen LogP contribution in [0.2, 0.25) is 5.02 Å². The Hall–Kier alpha value is -1.52. The topological polar surface area (TPSA) is 52.3 Å². The van der Waals surface area contributed by atoms with E-state index >= 15 is 0 Å². The molecule has 0 fully saturated rings. The molecule has 0 saturated carbocycles. The van der Waals surface area contributed by atoms with Crippen molar-refractivity contribution in [2.75, 3.05) is 0 Å². The van der Waals surface area contributed by atoms with Crippen LogP contribution in [-0.4, -0.2) is 5.91 Å². The number of carbonyl (C=O) groups is 1. The van der Waals surface area contributed by atoms with Crippen molar-refractivity contribution in [1.29, 1.82) is 0 Å². The molecule has 3 nitrogen and oxygen atoms in total. The Kier molecular flexibility index (Phi) is 3.89. The Labute approximate surface area is 118 Å². The van der Waals surface area contributed by atoms with Gasteiger partial charge in [-0.25, -0.2) is 0 Å². The van der Waals surface area contributed by atoms with E-state index in [1.165, 1.54) is 6.07 Å². The summed E-state index contributed by atoms with van der Waals surface area (Å²) in [4.78, 5) is 11.0. The second-order valence-electron chi connectivity index (χ2n) is 3.54. The highest BCUT2D eigenvalue weighted by molar-refractivity contribution is 9.10. The zero-order chi connectivity index (χ0) is 13.1. The highest BCUT2D eigenvalue weighted by Gasteiger charge is 2.08. The van der Waals surface area contributed by atoms with Crippen molar-refractivity contribution in [3.8, 4) is 11.5 Å². The molecule has 2 N–H and O–H groups in total. The quantitative estimate of drug-likeness (QED) is 0.927. The van der Waals surface area contributed by atoms with E-state index in [9.17, 15) is 4.79 Å². The van der Waals surface area contributed by atoms with E-state index in [0.717, 1.165) is 4.47 Å². The van der Waals surface area contributed by atoms with Gasteiger partial charge in [0.05, 0.1) is 15.1 Å². The van der Waals surface area contributed by atoms with E-state index in [4.69, 9.17) is 22.1 Å². The number of halogens is 2. The second kappa shape index (κ2) is 5.42. The number of amides is 1. The first-order valence-corrected chi connectivity index (χ1v) is 6.27. The predicted octanol–water partition coefficient (Wildman–Crippen LogP) is 3.99. The lowest BCUT2D eigenvalue weighted by Gasteiger charge is -2.08. The van der Waals surface area contributed by atoms with Gasteiger partial charge in [-0.1, -0.05) is 23.7 Å². The molecule has 18 heavy (non-hydrogen) atoms. The highest BCUT2D eigenvalue weighted by atomic mass is 79.9. The Morgan fingerprint density at radius 2 is 1.94 bits per heavy atom. The second-order valence-corrected chi connectivity index (χ2v) is 4.80. The highest BCUT2D eigenvalue weighted by Crippen LogP contribution is 2.31. The fourth-order valence-electron chi connectivity index (χ4n) is 1.41. The van der Waals surface area contributed by atoms with Crippen LogP contribution in [0.15, 0.2) is 46.9 Å². The largest absolute Gasteiger partial charge is 0.456 e. The third kappa shape index (κ3) is 2.83. The fourth-order valence-corrected chi connectivity index (χ4v) is 2.04. The smallest absolute Gasteiger partial charge is 0.250 e. The molecular weight excluding hydrogens is 318 g/mol. The van der Waals surface area contributed by atoms with Crippen LogP contribution < -0.4 is 10.5 Å². The number of para-hydroxylation sites is 1. The van der Waals surface area contributed by atoms with Crippen LogP contribution in [0.5, 0.6) is 11.5 Å². The van der Waals surface area contributed by atoms with Crippen molar-refractivity contribution in [1.82, 2.24) is 0 Å². The Morgan fingerprint density at radius 1 is 1.22 bits per heavy atom. The van der Waals surface area contributed by atoms with Crippen LogP contribution in [0.1, 0.15) is 10.4 Å². The molecule has 0 unspecified atom stereocenters. The number of rotatable bonds is 3. The van der Waals surface area contributed by atoms with Gasteiger partial charge in [0.2, 0.25) is 5.91 Å². The van der Waals surface area contributed by atoms with Gasteiger partial charge in [0.15, 0.2) is 0 Å². The number of benzene rings is 2. The van der Waals surface area contributed by atoms with Crippen molar-refractivity contribution in [3.05, 3.63) is 57.5 Å². The van der Waals surface area contributed by atoms with Crippen molar-refractivity contribution in [2.45, 2.75) is 0 Å². The summed E-state index contributed by atoms with van der Waals surface area (Å²) in [6, 6.07) is 12.2. The Balaban J connectivity index is 2.29. The van der Waals surface area contributed by atoms with Crippen LogP contribution in [-0.2, 0) is 0 Å². The number of ether oxygens (including phenoxy) is 1. The van der Waals surface area contributed by atoms with E-state index in [-0.39, 0.29) is 10.6 Å². The SMILES string of the molecule is NC(=O)c1ccc(Oc2ccccc2Br)cc1Cl. The third-order valence-electron chi connectivity index (χ3n) is 2.27. The summed E-state index contributed by atoms with van der Waals surface area (Å²) in [6.45, 7) is 0. The maximum Gasteiger partial charge on any atom is 0.250 e. The molecule has 0 spiro atoms. The fraction of sp³-hybridized carbons (Fsp3) is 0. The lowest BCUT2D eigenvalue weighted by Crippen LogP contribution is -2.11. The molecule has 5 heteroatoms. The lowest BCUT2D eigenvalue weighted by molar-refractivity contribution is 0.100. The maximum atomic E-state index is 11.0. The summed E-state index contributed by atoms with van der Waals surface area (Å²) in [5.74, 6) is 0.643. The van der Waals surface area contributed by atoms with Gasteiger partial charge in [-0.05, 0) is 40.2 Å². The van der Waals surface area contributed by atoms with E-state index < -0.39 is 5.91 Å². The first-order valence-electron chi connectivity index (χ1n) is 5.09. The minimum absolute atomic E-state index is 0.270. The molecule has 0 radical (unpaired) electrons. The predicted molar refractivity (Wildman–Crippen MR) is 74.2 cm³/mol. The Bertz CT molecular complexity index is 601. The minimum atomic E-state index is -0.563. The molecule has 2 aromatic rings. The van der Waals surface area contributed by atoms with Gasteiger partial charge in [0.1, 0.15) is 11.5 Å². The molecule has 0 aliphatic rings. The molecule has 2 rings (SSSR count). The molecule has 0 atom stereocenters. The van der Waals surface area contributed by atoms with E-state index in [1.807, 2.05) is 24.3 Å². The average Bonchev–Trinajstić information content (AvgIpc) is 2.32. The number of primary amides is 1. The number of hydrogen-bond donors (Lipinski definition) is 1. The minimum Gasteiger partial charge on any atom is -0.456 e. The molecule has 0 heterocycles. The van der Waals surface area contributed by atoms with E-state index in [2.05, 4.69) is 15.9 Å². The molecule has 2 aromatic carbocycles. The monoisotopic (exact) mass is 325 g/mol. The van der Waals surface area contributed by atoms with Crippen LogP contribution in [0.25, 0.3) is 0 Å². The van der Waals surface area contributed by atoms with Crippen molar-refractivity contribution in [2.24, 2.45) is 5.73 Å². The van der Waals surface area contributed by atoms with Gasteiger partial charge in [0.25, 0.3) is 0 Å². The van der Waals surface area contributed by atoms with Crippen LogP contribution in [0, 0.1) is 0 Å². The van der Waals surface area contributed by atoms with Gasteiger partial charge in [-0.3, -0.25) is 4.79 Å². The van der Waals surface area contributed by atoms with Gasteiger partial charge >= 0.3 is 0 Å². The molecular formula is C13H9BrClNO2. The first kappa shape index (κ1) is 12.9. The standard InChI is InChI=1S/C13H9BrClNO2/c14-10-3-1-2-4-12(10)18-8-5-6-9(13(16)17)11(15)7-8/h1-7H,(H2,16,17). The van der Waals surface area contributed by atoms with Gasteiger partial charge < -0.3 is 10.5 Å². The van der Waals surface area contributed by atoms with E-state index in [0.29, 0.717) is 11.5 Å². The molecule has 1 amide bonds. The van der Waals surface area contributed by atoms with Gasteiger partial charge in [-0.15, -0.1) is 0 Å². The summed E-state index contributed by atoms with van der Waals surface area (Å²) in [6.07, 6.45) is 0.